The van der Waals surface area contributed by atoms with Crippen molar-refractivity contribution in [3.8, 4) is 11.5 Å². The van der Waals surface area contributed by atoms with E-state index in [0.717, 1.165) is 16.9 Å². The molecule has 1 N–H and O–H groups in total. The molecule has 3 rings (SSSR count). The van der Waals surface area contributed by atoms with Crippen LogP contribution in [0.5, 0.6) is 11.5 Å². The van der Waals surface area contributed by atoms with Crippen LogP contribution in [0, 0.1) is 0 Å². The Hall–Kier alpha value is -3.60. The van der Waals surface area contributed by atoms with Gasteiger partial charge in [-0.25, -0.2) is 5.43 Å². The standard InChI is InChI=1S/C22H20N2O3/c1-26-21-10-6-5-9-20(21)22(25)24-23-15-17-11-13-19(14-12-17)27-16-18-7-3-2-4-8-18/h2-15H,16H2,1H3,(H,24,25)/b23-15-. The van der Waals surface area contributed by atoms with E-state index in [4.69, 9.17) is 9.47 Å². The molecule has 3 aromatic carbocycles. The Bertz CT molecular complexity index is 906. The quantitative estimate of drug-likeness (QED) is 0.511. The van der Waals surface area contributed by atoms with Gasteiger partial charge in [0.1, 0.15) is 18.1 Å². The Morgan fingerprint density at radius 1 is 0.963 bits per heavy atom. The molecule has 0 aromatic heterocycles. The van der Waals surface area contributed by atoms with E-state index in [9.17, 15) is 4.79 Å². The van der Waals surface area contributed by atoms with Gasteiger partial charge < -0.3 is 9.47 Å². The molecule has 0 saturated carbocycles. The van der Waals surface area contributed by atoms with Crippen molar-refractivity contribution in [1.29, 1.82) is 0 Å². The predicted molar refractivity (Wildman–Crippen MR) is 105 cm³/mol. The number of carbonyl (C=O) groups is 1. The minimum atomic E-state index is -0.327. The summed E-state index contributed by atoms with van der Waals surface area (Å²) in [5, 5.41) is 4.00. The summed E-state index contributed by atoms with van der Waals surface area (Å²) in [5.74, 6) is 0.950. The maximum absolute atomic E-state index is 12.2. The van der Waals surface area contributed by atoms with Gasteiger partial charge in [0.25, 0.3) is 5.91 Å². The van der Waals surface area contributed by atoms with Gasteiger partial charge in [-0.15, -0.1) is 0 Å². The van der Waals surface area contributed by atoms with Gasteiger partial charge in [0.05, 0.1) is 18.9 Å². The topological polar surface area (TPSA) is 59.9 Å². The molecule has 1 amide bonds. The number of carbonyl (C=O) groups excluding carboxylic acids is 1. The largest absolute Gasteiger partial charge is 0.496 e. The van der Waals surface area contributed by atoms with Gasteiger partial charge in [0.15, 0.2) is 0 Å². The fourth-order valence-electron chi connectivity index (χ4n) is 2.45. The van der Waals surface area contributed by atoms with Gasteiger partial charge in [0.2, 0.25) is 0 Å². The van der Waals surface area contributed by atoms with E-state index in [1.165, 1.54) is 7.11 Å². The SMILES string of the molecule is COc1ccccc1C(=O)N/N=C\c1ccc(OCc2ccccc2)cc1. The normalized spacial score (nSPS) is 10.6. The summed E-state index contributed by atoms with van der Waals surface area (Å²) in [4.78, 5) is 12.2. The monoisotopic (exact) mass is 360 g/mol. The van der Waals surface area contributed by atoms with Crippen molar-refractivity contribution in [3.05, 3.63) is 95.6 Å². The number of nitrogens with one attached hydrogen (secondary N) is 1. The summed E-state index contributed by atoms with van der Waals surface area (Å²) in [6.45, 7) is 0.517. The molecule has 0 fully saturated rings. The van der Waals surface area contributed by atoms with Gasteiger partial charge in [0, 0.05) is 0 Å². The lowest BCUT2D eigenvalue weighted by Gasteiger charge is -2.07. The highest BCUT2D eigenvalue weighted by Crippen LogP contribution is 2.17. The van der Waals surface area contributed by atoms with Crippen LogP contribution in [-0.4, -0.2) is 19.2 Å². The molecule has 27 heavy (non-hydrogen) atoms. The molecule has 0 unspecified atom stereocenters. The predicted octanol–water partition coefficient (Wildman–Crippen LogP) is 4.04. The number of para-hydroxylation sites is 1. The molecule has 0 heterocycles. The third kappa shape index (κ3) is 5.19. The number of ether oxygens (including phenoxy) is 2. The minimum Gasteiger partial charge on any atom is -0.496 e. The zero-order valence-corrected chi connectivity index (χ0v) is 15.0. The maximum Gasteiger partial charge on any atom is 0.275 e. The van der Waals surface area contributed by atoms with Crippen LogP contribution in [0.2, 0.25) is 0 Å². The number of amides is 1. The van der Waals surface area contributed by atoms with Gasteiger partial charge in [-0.2, -0.15) is 5.10 Å². The molecule has 0 radical (unpaired) electrons. The molecule has 0 aliphatic carbocycles. The van der Waals surface area contributed by atoms with Gasteiger partial charge in [-0.1, -0.05) is 42.5 Å². The fourth-order valence-corrected chi connectivity index (χ4v) is 2.45. The number of nitrogens with zero attached hydrogens (tertiary/aromatic N) is 1. The molecule has 5 nitrogen and oxygen atoms in total. The Morgan fingerprint density at radius 3 is 2.41 bits per heavy atom. The number of hydrazone groups is 1. The van der Waals surface area contributed by atoms with Crippen LogP contribution in [0.25, 0.3) is 0 Å². The lowest BCUT2D eigenvalue weighted by atomic mass is 10.2. The van der Waals surface area contributed by atoms with Crippen LogP contribution in [0.3, 0.4) is 0 Å². The number of hydrogen-bond donors (Lipinski definition) is 1. The Kier molecular flexibility index (Phi) is 6.20. The van der Waals surface area contributed by atoms with Crippen LogP contribution >= 0.6 is 0 Å². The third-order valence-electron chi connectivity index (χ3n) is 3.86. The lowest BCUT2D eigenvalue weighted by molar-refractivity contribution is 0.0952. The Morgan fingerprint density at radius 2 is 1.67 bits per heavy atom. The Balaban J connectivity index is 1.54. The number of hydrogen-bond acceptors (Lipinski definition) is 4. The van der Waals surface area contributed by atoms with E-state index in [0.29, 0.717) is 17.9 Å². The third-order valence-corrected chi connectivity index (χ3v) is 3.86. The van der Waals surface area contributed by atoms with E-state index in [-0.39, 0.29) is 5.91 Å². The van der Waals surface area contributed by atoms with Crippen LogP contribution < -0.4 is 14.9 Å². The smallest absolute Gasteiger partial charge is 0.275 e. The van der Waals surface area contributed by atoms with Crippen molar-refractivity contribution < 1.29 is 14.3 Å². The molecular weight excluding hydrogens is 340 g/mol. The average Bonchev–Trinajstić information content (AvgIpc) is 2.73. The molecule has 0 atom stereocenters. The summed E-state index contributed by atoms with van der Waals surface area (Å²) in [6.07, 6.45) is 1.58. The summed E-state index contributed by atoms with van der Waals surface area (Å²) in [5.41, 5.74) is 4.90. The van der Waals surface area contributed by atoms with Crippen molar-refractivity contribution in [3.63, 3.8) is 0 Å². The summed E-state index contributed by atoms with van der Waals surface area (Å²) in [7, 11) is 1.52. The number of rotatable bonds is 7. The van der Waals surface area contributed by atoms with Crippen LogP contribution in [-0.2, 0) is 6.61 Å². The van der Waals surface area contributed by atoms with Gasteiger partial charge >= 0.3 is 0 Å². The minimum absolute atomic E-state index is 0.327. The molecule has 136 valence electrons. The zero-order chi connectivity index (χ0) is 18.9. The van der Waals surface area contributed by atoms with E-state index in [1.807, 2.05) is 54.6 Å². The summed E-state index contributed by atoms with van der Waals surface area (Å²) >= 11 is 0. The van der Waals surface area contributed by atoms with Crippen molar-refractivity contribution in [2.75, 3.05) is 7.11 Å². The first-order valence-electron chi connectivity index (χ1n) is 8.49. The molecule has 0 saturated heterocycles. The molecule has 0 aliphatic rings. The van der Waals surface area contributed by atoms with Crippen LogP contribution in [0.1, 0.15) is 21.5 Å². The first-order chi connectivity index (χ1) is 13.3. The van der Waals surface area contributed by atoms with E-state index >= 15 is 0 Å². The fraction of sp³-hybridized carbons (Fsp3) is 0.0909. The van der Waals surface area contributed by atoms with Gasteiger partial charge in [-0.05, 0) is 47.5 Å². The van der Waals surface area contributed by atoms with E-state index in [1.54, 1.807) is 30.5 Å². The Labute approximate surface area is 158 Å². The second-order valence-electron chi connectivity index (χ2n) is 5.74. The highest BCUT2D eigenvalue weighted by atomic mass is 16.5. The average molecular weight is 360 g/mol. The molecule has 5 heteroatoms. The molecule has 0 aliphatic heterocycles. The highest BCUT2D eigenvalue weighted by Gasteiger charge is 2.09. The number of methoxy groups -OCH3 is 1. The molecule has 0 bridgehead atoms. The van der Waals surface area contributed by atoms with Crippen molar-refractivity contribution in [2.24, 2.45) is 5.10 Å². The summed E-state index contributed by atoms with van der Waals surface area (Å²) in [6, 6.07) is 24.5. The zero-order valence-electron chi connectivity index (χ0n) is 15.0. The molecule has 3 aromatic rings. The maximum atomic E-state index is 12.2. The van der Waals surface area contributed by atoms with E-state index in [2.05, 4.69) is 10.5 Å². The highest BCUT2D eigenvalue weighted by molar-refractivity contribution is 5.97. The summed E-state index contributed by atoms with van der Waals surface area (Å²) < 4.78 is 10.9. The van der Waals surface area contributed by atoms with Crippen molar-refractivity contribution >= 4 is 12.1 Å². The van der Waals surface area contributed by atoms with Crippen LogP contribution in [0.4, 0.5) is 0 Å². The number of benzene rings is 3. The second-order valence-corrected chi connectivity index (χ2v) is 5.74. The van der Waals surface area contributed by atoms with E-state index < -0.39 is 0 Å². The molecule has 0 spiro atoms. The first kappa shape index (κ1) is 18.2. The lowest BCUT2D eigenvalue weighted by Crippen LogP contribution is -2.18. The van der Waals surface area contributed by atoms with Gasteiger partial charge in [-0.3, -0.25) is 4.79 Å². The first-order valence-corrected chi connectivity index (χ1v) is 8.49. The second kappa shape index (κ2) is 9.20. The molecular formula is C22H20N2O3. The van der Waals surface area contributed by atoms with Crippen molar-refractivity contribution in [2.45, 2.75) is 6.61 Å². The van der Waals surface area contributed by atoms with Crippen molar-refractivity contribution in [1.82, 2.24) is 5.43 Å². The van der Waals surface area contributed by atoms with Crippen LogP contribution in [0.15, 0.2) is 84.0 Å².